The molecule has 1 aliphatic heterocycles. The van der Waals surface area contributed by atoms with Gasteiger partial charge in [0.25, 0.3) is 0 Å². The summed E-state index contributed by atoms with van der Waals surface area (Å²) in [5.74, 6) is 1.19. The predicted octanol–water partition coefficient (Wildman–Crippen LogP) is 3.80. The number of ether oxygens (including phenoxy) is 2. The second kappa shape index (κ2) is 8.87. The van der Waals surface area contributed by atoms with E-state index in [-0.39, 0.29) is 18.1 Å². The highest BCUT2D eigenvalue weighted by Crippen LogP contribution is 2.35. The first-order chi connectivity index (χ1) is 14.4. The predicted molar refractivity (Wildman–Crippen MR) is 119 cm³/mol. The topological polar surface area (TPSA) is 77.4 Å². The van der Waals surface area contributed by atoms with Crippen LogP contribution in [0, 0.1) is 6.92 Å². The molecule has 4 rings (SSSR count). The van der Waals surface area contributed by atoms with E-state index in [2.05, 4.69) is 15.2 Å². The summed E-state index contributed by atoms with van der Waals surface area (Å²) in [6.45, 7) is 7.20. The van der Waals surface area contributed by atoms with Crippen molar-refractivity contribution in [3.8, 4) is 17.0 Å². The maximum atomic E-state index is 12.7. The van der Waals surface area contributed by atoms with Crippen LogP contribution in [0.3, 0.4) is 0 Å². The number of benzene rings is 1. The molecule has 158 valence electrons. The zero-order valence-corrected chi connectivity index (χ0v) is 19.0. The smallest absolute Gasteiger partial charge is 0.233 e. The Labute approximate surface area is 183 Å². The Balaban J connectivity index is 1.56. The van der Waals surface area contributed by atoms with E-state index < -0.39 is 0 Å². The number of morpholine rings is 1. The Morgan fingerprint density at radius 2 is 1.93 bits per heavy atom. The molecule has 1 aromatic carbocycles. The molecule has 1 amide bonds. The third kappa shape index (κ3) is 4.43. The number of methoxy groups -OCH3 is 1. The Kier molecular flexibility index (Phi) is 6.21. The van der Waals surface area contributed by atoms with Gasteiger partial charge in [-0.15, -0.1) is 21.5 Å². The van der Waals surface area contributed by atoms with Crippen LogP contribution in [0.4, 0.5) is 0 Å². The zero-order valence-electron chi connectivity index (χ0n) is 17.4. The molecular formula is C21H24N4O3S2. The fourth-order valence-electron chi connectivity index (χ4n) is 3.56. The molecule has 7 nitrogen and oxygen atoms in total. The summed E-state index contributed by atoms with van der Waals surface area (Å²) in [4.78, 5) is 19.3. The second-order valence-corrected chi connectivity index (χ2v) is 9.50. The number of thioether (sulfide) groups is 1. The van der Waals surface area contributed by atoms with Gasteiger partial charge in [0.1, 0.15) is 22.0 Å². The monoisotopic (exact) mass is 444 g/mol. The van der Waals surface area contributed by atoms with Crippen molar-refractivity contribution in [2.45, 2.75) is 38.0 Å². The molecule has 0 spiro atoms. The Bertz CT molecular complexity index is 1040. The van der Waals surface area contributed by atoms with Gasteiger partial charge in [-0.1, -0.05) is 11.8 Å². The van der Waals surface area contributed by atoms with Gasteiger partial charge in [-0.25, -0.2) is 4.98 Å². The quantitative estimate of drug-likeness (QED) is 0.554. The van der Waals surface area contributed by atoms with Gasteiger partial charge >= 0.3 is 0 Å². The number of thiazole rings is 1. The number of nitrogens with zero attached hydrogens (tertiary/aromatic N) is 4. The second-order valence-electron chi connectivity index (χ2n) is 7.34. The molecule has 1 saturated heterocycles. The van der Waals surface area contributed by atoms with Gasteiger partial charge in [0.15, 0.2) is 0 Å². The van der Waals surface area contributed by atoms with Crippen molar-refractivity contribution in [1.29, 1.82) is 0 Å². The van der Waals surface area contributed by atoms with Gasteiger partial charge < -0.3 is 14.4 Å². The molecule has 3 aromatic rings. The van der Waals surface area contributed by atoms with Crippen LogP contribution in [0.5, 0.6) is 5.75 Å². The third-order valence-electron chi connectivity index (χ3n) is 4.86. The molecule has 1 aliphatic rings. The molecule has 2 aromatic heterocycles. The van der Waals surface area contributed by atoms with Crippen LogP contribution in [0.15, 0.2) is 29.3 Å². The summed E-state index contributed by atoms with van der Waals surface area (Å²) in [7, 11) is 1.64. The van der Waals surface area contributed by atoms with Crippen molar-refractivity contribution in [2.75, 3.05) is 26.0 Å². The highest BCUT2D eigenvalue weighted by Gasteiger charge is 2.26. The maximum absolute atomic E-state index is 12.7. The summed E-state index contributed by atoms with van der Waals surface area (Å²) in [6, 6.07) is 7.74. The number of hydrogen-bond donors (Lipinski definition) is 0. The highest BCUT2D eigenvalue weighted by molar-refractivity contribution is 8.00. The van der Waals surface area contributed by atoms with Crippen molar-refractivity contribution in [2.24, 2.45) is 0 Å². The summed E-state index contributed by atoms with van der Waals surface area (Å²) in [5.41, 5.74) is 2.56. The van der Waals surface area contributed by atoms with E-state index in [0.717, 1.165) is 32.2 Å². The minimum absolute atomic E-state index is 0.0548. The van der Waals surface area contributed by atoms with Crippen LogP contribution in [0.2, 0.25) is 0 Å². The van der Waals surface area contributed by atoms with Crippen LogP contribution >= 0.6 is 23.1 Å². The minimum Gasteiger partial charge on any atom is -0.497 e. The number of carbonyl (C=O) groups is 1. The Morgan fingerprint density at radius 3 is 2.60 bits per heavy atom. The first kappa shape index (κ1) is 21.0. The molecule has 2 unspecified atom stereocenters. The van der Waals surface area contributed by atoms with Gasteiger partial charge in [-0.2, -0.15) is 0 Å². The molecule has 0 aliphatic carbocycles. The lowest BCUT2D eigenvalue weighted by Gasteiger charge is -2.35. The van der Waals surface area contributed by atoms with E-state index in [4.69, 9.17) is 9.47 Å². The summed E-state index contributed by atoms with van der Waals surface area (Å²) < 4.78 is 11.9. The largest absolute Gasteiger partial charge is 0.497 e. The summed E-state index contributed by atoms with van der Waals surface area (Å²) >= 11 is 2.99. The fourth-order valence-corrected chi connectivity index (χ4v) is 5.38. The summed E-state index contributed by atoms with van der Waals surface area (Å²) in [5, 5.41) is 10.5. The number of rotatable bonds is 5. The van der Waals surface area contributed by atoms with Gasteiger partial charge in [-0.05, 0) is 45.0 Å². The summed E-state index contributed by atoms with van der Waals surface area (Å²) in [6.07, 6.45) is 0.110. The highest BCUT2D eigenvalue weighted by atomic mass is 32.2. The van der Waals surface area contributed by atoms with E-state index in [1.54, 1.807) is 18.4 Å². The minimum atomic E-state index is 0.0548. The molecule has 2 atom stereocenters. The first-order valence-electron chi connectivity index (χ1n) is 9.79. The lowest BCUT2D eigenvalue weighted by molar-refractivity contribution is -0.140. The maximum Gasteiger partial charge on any atom is 0.233 e. The van der Waals surface area contributed by atoms with Crippen molar-refractivity contribution in [3.05, 3.63) is 29.3 Å². The first-order valence-corrected chi connectivity index (χ1v) is 11.6. The average Bonchev–Trinajstić information content (AvgIpc) is 3.12. The molecule has 1 fully saturated rings. The molecule has 30 heavy (non-hydrogen) atoms. The zero-order chi connectivity index (χ0) is 21.3. The Morgan fingerprint density at radius 1 is 1.23 bits per heavy atom. The van der Waals surface area contributed by atoms with Gasteiger partial charge in [0.05, 0.1) is 34.8 Å². The van der Waals surface area contributed by atoms with Crippen LogP contribution in [0.25, 0.3) is 21.5 Å². The van der Waals surface area contributed by atoms with Crippen LogP contribution < -0.4 is 4.74 Å². The van der Waals surface area contributed by atoms with Crippen LogP contribution in [-0.2, 0) is 9.53 Å². The van der Waals surface area contributed by atoms with Gasteiger partial charge in [-0.3, -0.25) is 4.79 Å². The average molecular weight is 445 g/mol. The molecule has 3 heterocycles. The molecule has 9 heteroatoms. The molecular weight excluding hydrogens is 420 g/mol. The van der Waals surface area contributed by atoms with Crippen LogP contribution in [-0.4, -0.2) is 64.1 Å². The lowest BCUT2D eigenvalue weighted by Crippen LogP contribution is -2.48. The standard InChI is InChI=1S/C21H24N4O3S2/c1-12-9-25(10-13(2)28-12)17(26)11-29-21-19-20(30-14(3)22-19)18(23-24-21)15-5-7-16(27-4)8-6-15/h5-8,12-13H,9-11H2,1-4H3. The van der Waals surface area contributed by atoms with Gasteiger partial charge in [0.2, 0.25) is 5.91 Å². The number of aromatic nitrogens is 3. The van der Waals surface area contributed by atoms with E-state index >= 15 is 0 Å². The molecule has 0 saturated carbocycles. The lowest BCUT2D eigenvalue weighted by atomic mass is 10.1. The number of hydrogen-bond acceptors (Lipinski definition) is 8. The number of carbonyl (C=O) groups excluding carboxylic acids is 1. The van der Waals surface area contributed by atoms with E-state index in [1.807, 2.05) is 49.9 Å². The molecule has 0 radical (unpaired) electrons. The third-order valence-corrected chi connectivity index (χ3v) is 6.78. The number of fused-ring (bicyclic) bond motifs is 1. The van der Waals surface area contributed by atoms with Gasteiger partial charge in [0, 0.05) is 18.7 Å². The fraction of sp³-hybridized carbons (Fsp3) is 0.429. The van der Waals surface area contributed by atoms with Crippen molar-refractivity contribution >= 4 is 39.2 Å². The van der Waals surface area contributed by atoms with E-state index in [0.29, 0.717) is 23.9 Å². The number of aryl methyl sites for hydroxylation is 1. The molecule has 0 bridgehead atoms. The normalized spacial score (nSPS) is 19.3. The number of amides is 1. The Hall–Kier alpha value is -2.23. The van der Waals surface area contributed by atoms with Crippen LogP contribution in [0.1, 0.15) is 18.9 Å². The molecule has 0 N–H and O–H groups in total. The van der Waals surface area contributed by atoms with E-state index in [1.165, 1.54) is 11.8 Å². The van der Waals surface area contributed by atoms with E-state index in [9.17, 15) is 4.79 Å². The van der Waals surface area contributed by atoms with Crippen molar-refractivity contribution < 1.29 is 14.3 Å². The SMILES string of the molecule is COc1ccc(-c2nnc(SCC(=O)N3CC(C)OC(C)C3)c3nc(C)sc23)cc1. The van der Waals surface area contributed by atoms with Crippen molar-refractivity contribution in [3.63, 3.8) is 0 Å². The van der Waals surface area contributed by atoms with Crippen molar-refractivity contribution in [1.82, 2.24) is 20.1 Å².